The Hall–Kier alpha value is -1.66. The largest absolute Gasteiger partial charge is 0.466 e. The van der Waals surface area contributed by atoms with Crippen LogP contribution in [0, 0.1) is 0 Å². The van der Waals surface area contributed by atoms with Crippen molar-refractivity contribution < 1.29 is 24.5 Å². The summed E-state index contributed by atoms with van der Waals surface area (Å²) in [5.74, 6) is -0.105. The summed E-state index contributed by atoms with van der Waals surface area (Å²) in [6, 6.07) is -0.641. The Balaban J connectivity index is 3.48. The minimum Gasteiger partial charge on any atom is -0.466 e. The molecular weight excluding hydrogens is 743 g/mol. The molecule has 0 spiro atoms. The van der Waals surface area contributed by atoms with Crippen molar-refractivity contribution in [1.82, 2.24) is 5.32 Å². The number of esters is 1. The Labute approximate surface area is 373 Å². The molecule has 0 aliphatic rings. The van der Waals surface area contributed by atoms with Crippen LogP contribution >= 0.6 is 0 Å². The van der Waals surface area contributed by atoms with Crippen LogP contribution in [0.3, 0.4) is 0 Å². The molecule has 0 fully saturated rings. The molecule has 1 amide bonds. The van der Waals surface area contributed by atoms with Crippen molar-refractivity contribution in [2.24, 2.45) is 0 Å². The van der Waals surface area contributed by atoms with E-state index >= 15 is 0 Å². The fourth-order valence-corrected chi connectivity index (χ4v) is 8.10. The molecule has 0 saturated carbocycles. The first-order chi connectivity index (χ1) is 29.5. The summed E-state index contributed by atoms with van der Waals surface area (Å²) in [6.45, 7) is 4.86. The number of aliphatic hydroxyl groups is 2. The molecule has 0 rings (SSSR count). The lowest BCUT2D eigenvalue weighted by Gasteiger charge is -2.20. The molecule has 6 nitrogen and oxygen atoms in total. The van der Waals surface area contributed by atoms with Gasteiger partial charge in [0.05, 0.1) is 25.4 Å². The van der Waals surface area contributed by atoms with Crippen LogP contribution in [0.25, 0.3) is 0 Å². The minimum atomic E-state index is -0.856. The first-order valence-electron chi connectivity index (χ1n) is 26.6. The lowest BCUT2D eigenvalue weighted by Crippen LogP contribution is -2.45. The number of rotatable bonds is 49. The van der Waals surface area contributed by atoms with E-state index in [1.54, 1.807) is 6.08 Å². The maximum Gasteiger partial charge on any atom is 0.305 e. The molecule has 0 aromatic carbocycles. The van der Waals surface area contributed by atoms with Gasteiger partial charge in [-0.1, -0.05) is 237 Å². The average Bonchev–Trinajstić information content (AvgIpc) is 3.25. The van der Waals surface area contributed by atoms with Gasteiger partial charge in [-0.3, -0.25) is 9.59 Å². The summed E-state index contributed by atoms with van der Waals surface area (Å²) in [5, 5.41) is 23.0. The van der Waals surface area contributed by atoms with Gasteiger partial charge in [0.2, 0.25) is 5.91 Å². The maximum absolute atomic E-state index is 12.4. The topological polar surface area (TPSA) is 95.9 Å². The third kappa shape index (κ3) is 45.9. The summed E-state index contributed by atoms with van der Waals surface area (Å²) in [7, 11) is 0. The molecule has 0 saturated heterocycles. The zero-order chi connectivity index (χ0) is 43.7. The number of nitrogens with one attached hydrogen (secondary N) is 1. The van der Waals surface area contributed by atoms with Crippen molar-refractivity contribution in [3.8, 4) is 0 Å². The van der Waals surface area contributed by atoms with Gasteiger partial charge in [0.1, 0.15) is 0 Å². The predicted octanol–water partition coefficient (Wildman–Crippen LogP) is 15.9. The van der Waals surface area contributed by atoms with E-state index in [2.05, 4.69) is 31.3 Å². The molecule has 0 aliphatic heterocycles. The summed E-state index contributed by atoms with van der Waals surface area (Å²) in [5.41, 5.74) is 0. The molecule has 60 heavy (non-hydrogen) atoms. The van der Waals surface area contributed by atoms with Gasteiger partial charge in [0, 0.05) is 12.8 Å². The molecular formula is C54H103NO5. The summed E-state index contributed by atoms with van der Waals surface area (Å²) in [6.07, 6.45) is 58.9. The van der Waals surface area contributed by atoms with Crippen LogP contribution in [0.2, 0.25) is 0 Å². The number of ether oxygens (including phenoxy) is 1. The third-order valence-electron chi connectivity index (χ3n) is 12.2. The smallest absolute Gasteiger partial charge is 0.305 e. The van der Waals surface area contributed by atoms with E-state index < -0.39 is 12.1 Å². The fraction of sp³-hybridized carbons (Fsp3) is 0.889. The zero-order valence-electron chi connectivity index (χ0n) is 40.2. The van der Waals surface area contributed by atoms with Crippen molar-refractivity contribution in [2.45, 2.75) is 296 Å². The SMILES string of the molecule is CCCCCCCCC/C=C\CCCCCCCCCC(=O)OCCCCCCCCCCCCCC(=O)NC(CO)C(O)/C=C/CCCCCCCCCCCCCC. The molecule has 0 bridgehead atoms. The highest BCUT2D eigenvalue weighted by Crippen LogP contribution is 2.16. The molecule has 354 valence electrons. The van der Waals surface area contributed by atoms with Gasteiger partial charge in [0.25, 0.3) is 0 Å². The molecule has 6 heteroatoms. The van der Waals surface area contributed by atoms with Crippen molar-refractivity contribution in [1.29, 1.82) is 0 Å². The summed E-state index contributed by atoms with van der Waals surface area (Å²) in [4.78, 5) is 24.5. The van der Waals surface area contributed by atoms with Gasteiger partial charge in [0.15, 0.2) is 0 Å². The van der Waals surface area contributed by atoms with Crippen molar-refractivity contribution in [3.05, 3.63) is 24.3 Å². The number of carbonyl (C=O) groups is 2. The molecule has 0 radical (unpaired) electrons. The van der Waals surface area contributed by atoms with Crippen LogP contribution in [-0.2, 0) is 14.3 Å². The van der Waals surface area contributed by atoms with Crippen LogP contribution in [0.5, 0.6) is 0 Å². The van der Waals surface area contributed by atoms with Crippen LogP contribution in [0.4, 0.5) is 0 Å². The van der Waals surface area contributed by atoms with Crippen LogP contribution in [-0.4, -0.2) is 47.4 Å². The normalized spacial score (nSPS) is 12.8. The average molecular weight is 846 g/mol. The number of hydrogen-bond donors (Lipinski definition) is 3. The number of aliphatic hydroxyl groups excluding tert-OH is 2. The highest BCUT2D eigenvalue weighted by atomic mass is 16.5. The highest BCUT2D eigenvalue weighted by molar-refractivity contribution is 5.76. The Kier molecular flexibility index (Phi) is 48.6. The molecule has 0 aromatic heterocycles. The van der Waals surface area contributed by atoms with Gasteiger partial charge in [-0.05, 0) is 57.8 Å². The quantitative estimate of drug-likeness (QED) is 0.0322. The Bertz CT molecular complexity index is 935. The van der Waals surface area contributed by atoms with E-state index in [9.17, 15) is 19.8 Å². The predicted molar refractivity (Wildman–Crippen MR) is 260 cm³/mol. The number of amides is 1. The Morgan fingerprint density at radius 3 is 1.18 bits per heavy atom. The lowest BCUT2D eigenvalue weighted by atomic mass is 10.0. The monoisotopic (exact) mass is 846 g/mol. The lowest BCUT2D eigenvalue weighted by molar-refractivity contribution is -0.143. The second kappa shape index (κ2) is 50.0. The second-order valence-electron chi connectivity index (χ2n) is 18.2. The second-order valence-corrected chi connectivity index (χ2v) is 18.2. The van der Waals surface area contributed by atoms with Gasteiger partial charge in [-0.15, -0.1) is 0 Å². The number of allylic oxidation sites excluding steroid dienone is 3. The first-order valence-corrected chi connectivity index (χ1v) is 26.6. The van der Waals surface area contributed by atoms with Crippen molar-refractivity contribution >= 4 is 11.9 Å². The first kappa shape index (κ1) is 58.3. The van der Waals surface area contributed by atoms with Gasteiger partial charge in [-0.25, -0.2) is 0 Å². The van der Waals surface area contributed by atoms with Gasteiger partial charge >= 0.3 is 5.97 Å². The molecule has 3 N–H and O–H groups in total. The van der Waals surface area contributed by atoms with Gasteiger partial charge in [-0.2, -0.15) is 0 Å². The summed E-state index contributed by atoms with van der Waals surface area (Å²) < 4.78 is 5.47. The fourth-order valence-electron chi connectivity index (χ4n) is 8.10. The van der Waals surface area contributed by atoms with Gasteiger partial charge < -0.3 is 20.3 Å². The minimum absolute atomic E-state index is 0.0185. The van der Waals surface area contributed by atoms with E-state index in [0.29, 0.717) is 19.4 Å². The number of hydrogen-bond acceptors (Lipinski definition) is 5. The molecule has 0 aliphatic carbocycles. The standard InChI is InChI=1S/C54H103NO5/c1-3-5-7-9-11-13-15-17-19-20-21-22-24-28-32-36-40-44-48-54(59)60-49-45-41-37-33-29-25-27-31-35-39-43-47-53(58)55-51(50-56)52(57)46-42-38-34-30-26-23-18-16-14-12-10-8-6-4-2/h19-20,42,46,51-52,56-57H,3-18,21-41,43-45,47-50H2,1-2H3,(H,55,58)/b20-19-,46-42+. The molecule has 2 atom stereocenters. The van der Waals surface area contributed by atoms with E-state index in [4.69, 9.17) is 4.74 Å². The van der Waals surface area contributed by atoms with Crippen LogP contribution in [0.15, 0.2) is 24.3 Å². The van der Waals surface area contributed by atoms with Crippen LogP contribution < -0.4 is 5.32 Å². The highest BCUT2D eigenvalue weighted by Gasteiger charge is 2.18. The number of carbonyl (C=O) groups excluding carboxylic acids is 2. The van der Waals surface area contributed by atoms with Crippen molar-refractivity contribution in [2.75, 3.05) is 13.2 Å². The van der Waals surface area contributed by atoms with E-state index in [0.717, 1.165) is 57.8 Å². The van der Waals surface area contributed by atoms with E-state index in [1.165, 1.54) is 199 Å². The third-order valence-corrected chi connectivity index (χ3v) is 12.2. The maximum atomic E-state index is 12.4. The van der Waals surface area contributed by atoms with E-state index in [-0.39, 0.29) is 18.5 Å². The van der Waals surface area contributed by atoms with Crippen molar-refractivity contribution in [3.63, 3.8) is 0 Å². The zero-order valence-corrected chi connectivity index (χ0v) is 40.2. The molecule has 0 aromatic rings. The van der Waals surface area contributed by atoms with E-state index in [1.807, 2.05) is 6.08 Å². The molecule has 0 heterocycles. The Morgan fingerprint density at radius 2 is 0.783 bits per heavy atom. The van der Waals surface area contributed by atoms with Crippen LogP contribution in [0.1, 0.15) is 284 Å². The Morgan fingerprint density at radius 1 is 0.450 bits per heavy atom. The number of unbranched alkanes of at least 4 members (excludes halogenated alkanes) is 36. The summed E-state index contributed by atoms with van der Waals surface area (Å²) >= 11 is 0. The molecule has 2 unspecified atom stereocenters.